The van der Waals surface area contributed by atoms with E-state index in [4.69, 9.17) is 0 Å². The molecule has 0 aromatic heterocycles. The van der Waals surface area contributed by atoms with Gasteiger partial charge in [-0.25, -0.2) is 4.36 Å². The van der Waals surface area contributed by atoms with Crippen LogP contribution in [-0.4, -0.2) is 13.2 Å². The van der Waals surface area contributed by atoms with E-state index in [-0.39, 0.29) is 0 Å². The van der Waals surface area contributed by atoms with Crippen LogP contribution in [0.25, 0.3) is 0 Å². The Morgan fingerprint density at radius 2 is 2.50 bits per heavy atom. The second-order valence-corrected chi connectivity index (χ2v) is 3.08. The summed E-state index contributed by atoms with van der Waals surface area (Å²) in [7, 11) is 2.90. The quantitative estimate of drug-likeness (QED) is 0.469. The average Bonchev–Trinajstić information content (AvgIpc) is 1.61. The molecule has 0 rings (SSSR count). The maximum atomic E-state index is 3.99. The van der Waals surface area contributed by atoms with Crippen molar-refractivity contribution >= 4 is 18.1 Å². The van der Waals surface area contributed by atoms with Crippen molar-refractivity contribution in [2.24, 2.45) is 4.36 Å². The zero-order valence-electron chi connectivity index (χ0n) is 4.01. The topological polar surface area (TPSA) is 12.4 Å². The molecule has 0 heterocycles. The summed E-state index contributed by atoms with van der Waals surface area (Å²) in [6.07, 6.45) is 0. The minimum atomic E-state index is 0.936. The molecule has 0 aliphatic heterocycles. The van der Waals surface area contributed by atoms with E-state index in [1.54, 1.807) is 10.7 Å². The molecule has 1 nitrogen and oxygen atoms in total. The summed E-state index contributed by atoms with van der Waals surface area (Å²) >= 11 is 0. The largest absolute Gasteiger partial charge is 0.227 e. The van der Waals surface area contributed by atoms with Crippen LogP contribution < -0.4 is 0 Å². The zero-order chi connectivity index (χ0) is 4.83. The van der Waals surface area contributed by atoms with Gasteiger partial charge in [0.15, 0.2) is 0 Å². The van der Waals surface area contributed by atoms with Gasteiger partial charge < -0.3 is 0 Å². The molecule has 0 atom stereocenters. The fourth-order valence-electron chi connectivity index (χ4n) is 0.115. The summed E-state index contributed by atoms with van der Waals surface area (Å²) in [6, 6.07) is 0. The van der Waals surface area contributed by atoms with Crippen LogP contribution in [0.15, 0.2) is 4.36 Å². The van der Waals surface area contributed by atoms with Gasteiger partial charge in [-0.05, 0) is 31.7 Å². The van der Waals surface area contributed by atoms with Gasteiger partial charge in [0.25, 0.3) is 0 Å². The van der Waals surface area contributed by atoms with E-state index >= 15 is 0 Å². The lowest BCUT2D eigenvalue weighted by Gasteiger charge is -1.63. The Morgan fingerprint density at radius 1 is 1.83 bits per heavy atom. The first kappa shape index (κ1) is 6.32. The Morgan fingerprint density at radius 3 is 2.67 bits per heavy atom. The predicted octanol–water partition coefficient (Wildman–Crippen LogP) is 1.76. The fraction of sp³-hybridized carbons (Fsp3) is 1.00. The molecule has 0 N–H and O–H groups in total. The van der Waals surface area contributed by atoms with Gasteiger partial charge >= 0.3 is 0 Å². The van der Waals surface area contributed by atoms with Gasteiger partial charge in [0.2, 0.25) is 0 Å². The Balaban J connectivity index is 3.18. The third kappa shape index (κ3) is 4.32. The third-order valence-electron chi connectivity index (χ3n) is 0.268. The van der Waals surface area contributed by atoms with E-state index in [9.17, 15) is 0 Å². The Labute approximate surface area is 43.3 Å². The van der Waals surface area contributed by atoms with Gasteiger partial charge in [-0.2, -0.15) is 0 Å². The molecule has 0 aliphatic rings. The minimum Gasteiger partial charge on any atom is -0.227 e. The fourth-order valence-corrected chi connectivity index (χ4v) is 1.04. The highest BCUT2D eigenvalue weighted by molar-refractivity contribution is 8.01. The van der Waals surface area contributed by atoms with Crippen LogP contribution in [0.4, 0.5) is 0 Å². The van der Waals surface area contributed by atoms with Gasteiger partial charge in [-0.15, -0.1) is 0 Å². The van der Waals surface area contributed by atoms with Gasteiger partial charge in [0.1, 0.15) is 0 Å². The second-order valence-electron chi connectivity index (χ2n) is 0.710. The predicted molar refractivity (Wildman–Crippen MR) is 33.2 cm³/mol. The van der Waals surface area contributed by atoms with E-state index in [1.165, 1.54) is 7.36 Å². The summed E-state index contributed by atoms with van der Waals surface area (Å²) < 4.78 is 3.99. The molecular formula is C3H8NPS. The number of nitrogens with zero attached hydrogens (tertiary/aromatic N) is 1. The third-order valence-corrected chi connectivity index (χ3v) is 1.64. The van der Waals surface area contributed by atoms with Crippen LogP contribution >= 0.6 is 7.36 Å². The summed E-state index contributed by atoms with van der Waals surface area (Å²) in [6.45, 7) is 5.05. The normalized spacial score (nSPS) is 8.33. The first-order chi connectivity index (χ1) is 2.91. The van der Waals surface area contributed by atoms with Gasteiger partial charge in [0, 0.05) is 6.54 Å². The number of hydrogen-bond acceptors (Lipinski definition) is 1. The van der Waals surface area contributed by atoms with E-state index in [1.807, 2.05) is 6.92 Å². The molecule has 0 unspecified atom stereocenters. The monoisotopic (exact) mass is 121 g/mol. The molecule has 0 saturated carbocycles. The van der Waals surface area contributed by atoms with E-state index in [0.29, 0.717) is 0 Å². The van der Waals surface area contributed by atoms with E-state index < -0.39 is 0 Å². The SMILES string of the molecule is CCN=S=PC. The van der Waals surface area contributed by atoms with Gasteiger partial charge in [0.05, 0.1) is 0 Å². The van der Waals surface area contributed by atoms with Crippen molar-refractivity contribution in [3.8, 4) is 0 Å². The molecule has 0 bridgehead atoms. The highest BCUT2D eigenvalue weighted by atomic mass is 32.4. The lowest BCUT2D eigenvalue weighted by molar-refractivity contribution is 1.16. The molecule has 0 fully saturated rings. The highest BCUT2D eigenvalue weighted by Gasteiger charge is 1.51. The van der Waals surface area contributed by atoms with E-state index in [2.05, 4.69) is 11.0 Å². The Kier molecular flexibility index (Phi) is 5.60. The van der Waals surface area contributed by atoms with Crippen LogP contribution in [0, 0.1) is 0 Å². The van der Waals surface area contributed by atoms with Crippen LogP contribution in [0.1, 0.15) is 6.92 Å². The molecule has 0 radical (unpaired) electrons. The smallest absolute Gasteiger partial charge is 0.0487 e. The average molecular weight is 121 g/mol. The highest BCUT2D eigenvalue weighted by Crippen LogP contribution is 1.78. The van der Waals surface area contributed by atoms with Crippen molar-refractivity contribution in [2.75, 3.05) is 13.2 Å². The molecule has 0 aromatic carbocycles. The van der Waals surface area contributed by atoms with Crippen LogP contribution in [0.5, 0.6) is 0 Å². The number of rotatable bonds is 1. The molecule has 0 aromatic rings. The van der Waals surface area contributed by atoms with Crippen molar-refractivity contribution in [2.45, 2.75) is 6.92 Å². The molecule has 36 valence electrons. The molecular weight excluding hydrogens is 113 g/mol. The number of hydrogen-bond donors (Lipinski definition) is 0. The Bertz CT molecular complexity index is 74.9. The summed E-state index contributed by atoms with van der Waals surface area (Å²) in [5, 5.41) is 0. The summed E-state index contributed by atoms with van der Waals surface area (Å²) in [4.78, 5) is 0. The van der Waals surface area contributed by atoms with Crippen LogP contribution in [-0.2, 0) is 10.7 Å². The molecule has 0 amide bonds. The molecule has 0 saturated heterocycles. The lowest BCUT2D eigenvalue weighted by Crippen LogP contribution is -1.55. The van der Waals surface area contributed by atoms with Crippen molar-refractivity contribution in [3.63, 3.8) is 0 Å². The maximum Gasteiger partial charge on any atom is 0.0487 e. The lowest BCUT2D eigenvalue weighted by atomic mass is 10.8. The van der Waals surface area contributed by atoms with Crippen molar-refractivity contribution < 1.29 is 0 Å². The summed E-state index contributed by atoms with van der Waals surface area (Å²) in [5.41, 5.74) is 0. The minimum absolute atomic E-state index is 0.936. The van der Waals surface area contributed by atoms with E-state index in [0.717, 1.165) is 6.54 Å². The van der Waals surface area contributed by atoms with Crippen LogP contribution in [0.3, 0.4) is 0 Å². The maximum absolute atomic E-state index is 3.99. The molecule has 6 heavy (non-hydrogen) atoms. The first-order valence-electron chi connectivity index (χ1n) is 1.84. The molecule has 3 heteroatoms. The Hall–Kier alpha value is 0.320. The first-order valence-corrected chi connectivity index (χ1v) is 4.56. The second kappa shape index (κ2) is 5.32. The zero-order valence-corrected chi connectivity index (χ0v) is 5.72. The summed E-state index contributed by atoms with van der Waals surface area (Å²) in [5.74, 6) is 0. The molecule has 0 aliphatic carbocycles. The van der Waals surface area contributed by atoms with Gasteiger partial charge in [-0.1, -0.05) is 0 Å². The van der Waals surface area contributed by atoms with Crippen LogP contribution in [0.2, 0.25) is 0 Å². The van der Waals surface area contributed by atoms with Gasteiger partial charge in [-0.3, -0.25) is 0 Å². The van der Waals surface area contributed by atoms with Crippen molar-refractivity contribution in [1.82, 2.24) is 0 Å². The van der Waals surface area contributed by atoms with Crippen molar-refractivity contribution in [1.29, 1.82) is 0 Å². The standard InChI is InChI=1S/C3H8NPS/c1-3-4-6-5-2/h3H2,1-2H3. The molecule has 0 spiro atoms. The van der Waals surface area contributed by atoms with Crippen molar-refractivity contribution in [3.05, 3.63) is 0 Å².